The Labute approximate surface area is 103 Å². The van der Waals surface area contributed by atoms with E-state index in [1.165, 1.54) is 51.4 Å². The van der Waals surface area contributed by atoms with Crippen LogP contribution in [0, 0.1) is 6.42 Å². The third-order valence-corrected chi connectivity index (χ3v) is 2.22. The van der Waals surface area contributed by atoms with E-state index < -0.39 is 0 Å². The van der Waals surface area contributed by atoms with Crippen LogP contribution in [0.2, 0.25) is 0 Å². The van der Waals surface area contributed by atoms with Gasteiger partial charge >= 0.3 is 18.9 Å². The Hall–Kier alpha value is 0.207. The van der Waals surface area contributed by atoms with Crippen LogP contribution >= 0.6 is 0 Å². The van der Waals surface area contributed by atoms with Crippen LogP contribution in [0.5, 0.6) is 0 Å². The van der Waals surface area contributed by atoms with E-state index in [4.69, 9.17) is 0 Å². The zero-order chi connectivity index (χ0) is 9.78. The molecule has 0 aromatic rings. The third-order valence-electron chi connectivity index (χ3n) is 2.22. The van der Waals surface area contributed by atoms with Gasteiger partial charge in [0, 0.05) is 0 Å². The van der Waals surface area contributed by atoms with Crippen molar-refractivity contribution in [2.75, 3.05) is 0 Å². The van der Waals surface area contributed by atoms with Crippen LogP contribution in [0.25, 0.3) is 0 Å². The molecule has 0 aliphatic heterocycles. The quantitative estimate of drug-likeness (QED) is 0.294. The van der Waals surface area contributed by atoms with Crippen molar-refractivity contribution in [3.8, 4) is 0 Å². The Bertz CT molecular complexity index is 108. The molecular weight excluding hydrogens is 163 g/mol. The van der Waals surface area contributed by atoms with E-state index in [-0.39, 0.29) is 18.9 Å². The van der Waals surface area contributed by atoms with Crippen molar-refractivity contribution in [3.63, 3.8) is 0 Å². The average Bonchev–Trinajstić information content (AvgIpc) is 2.16. The molecule has 0 nitrogen and oxygen atoms in total. The number of hydrogen-bond acceptors (Lipinski definition) is 0. The summed E-state index contributed by atoms with van der Waals surface area (Å²) in [6, 6.07) is 0. The first-order valence-electron chi connectivity index (χ1n) is 5.90. The summed E-state index contributed by atoms with van der Waals surface area (Å²) in [5.41, 5.74) is 0. The molecule has 0 bridgehead atoms. The fourth-order valence-corrected chi connectivity index (χ4v) is 1.31. The smallest absolute Gasteiger partial charge is 0.232 e. The molecule has 78 valence electrons. The first-order valence-corrected chi connectivity index (χ1v) is 5.90. The second-order valence-electron chi connectivity index (χ2n) is 3.66. The van der Waals surface area contributed by atoms with E-state index in [1.54, 1.807) is 0 Å². The maximum Gasteiger partial charge on any atom is 1.00 e. The summed E-state index contributed by atoms with van der Waals surface area (Å²) in [5.74, 6) is 0. The first-order chi connectivity index (χ1) is 6.41. The average molecular weight is 188 g/mol. The van der Waals surface area contributed by atoms with Crippen LogP contribution in [0.3, 0.4) is 0 Å². The van der Waals surface area contributed by atoms with Crippen molar-refractivity contribution < 1.29 is 18.9 Å². The molecule has 0 heterocycles. The second kappa shape index (κ2) is 15.7. The summed E-state index contributed by atoms with van der Waals surface area (Å²) in [7, 11) is 0. The molecule has 1 heteroatoms. The fraction of sp³-hybridized carbons (Fsp3) is 0.769. The van der Waals surface area contributed by atoms with E-state index in [0.29, 0.717) is 0 Å². The second-order valence-corrected chi connectivity index (χ2v) is 3.66. The molecule has 0 saturated carbocycles. The molecule has 0 aliphatic carbocycles. The van der Waals surface area contributed by atoms with Crippen LogP contribution in [-0.2, 0) is 0 Å². The van der Waals surface area contributed by atoms with E-state index in [2.05, 4.69) is 32.4 Å². The van der Waals surface area contributed by atoms with Gasteiger partial charge in [0.25, 0.3) is 0 Å². The van der Waals surface area contributed by atoms with Gasteiger partial charge in [-0.3, -0.25) is 0 Å². The minimum absolute atomic E-state index is 0. The summed E-state index contributed by atoms with van der Waals surface area (Å²) in [6.07, 6.45) is 17.5. The molecule has 0 saturated heterocycles. The summed E-state index contributed by atoms with van der Waals surface area (Å²) < 4.78 is 0. The number of allylic oxidation sites excluding steroid dienone is 2. The third kappa shape index (κ3) is 14.7. The monoisotopic (exact) mass is 188 g/mol. The zero-order valence-electron chi connectivity index (χ0n) is 10.4. The minimum atomic E-state index is 0. The molecule has 0 aliphatic rings. The molecule has 14 heavy (non-hydrogen) atoms. The summed E-state index contributed by atoms with van der Waals surface area (Å²) in [6.45, 7) is 4.50. The molecular formula is C13H25Li. The molecule has 0 rings (SSSR count). The molecule has 0 N–H and O–H groups in total. The van der Waals surface area contributed by atoms with Crippen molar-refractivity contribution in [1.29, 1.82) is 0 Å². The van der Waals surface area contributed by atoms with Gasteiger partial charge in [0.1, 0.15) is 0 Å². The summed E-state index contributed by atoms with van der Waals surface area (Å²) >= 11 is 0. The van der Waals surface area contributed by atoms with Gasteiger partial charge < -0.3 is 0 Å². The Balaban J connectivity index is 0. The van der Waals surface area contributed by atoms with Gasteiger partial charge in [-0.1, -0.05) is 52.4 Å². The van der Waals surface area contributed by atoms with Gasteiger partial charge in [0.2, 0.25) is 0 Å². The fourth-order valence-electron chi connectivity index (χ4n) is 1.31. The molecule has 0 amide bonds. The number of hydrogen-bond donors (Lipinski definition) is 0. The maximum absolute atomic E-state index is 2.31. The summed E-state index contributed by atoms with van der Waals surface area (Å²) in [5, 5.41) is 0. The van der Waals surface area contributed by atoms with Gasteiger partial charge in [0.15, 0.2) is 0 Å². The number of unbranched alkanes of at least 4 members (excludes halogenated alkanes) is 7. The van der Waals surface area contributed by atoms with Crippen LogP contribution < -0.4 is 18.9 Å². The normalized spacial score (nSPS) is 10.1. The molecule has 0 radical (unpaired) electrons. The predicted octanol–water partition coefficient (Wildman–Crippen LogP) is 1.91. The minimum Gasteiger partial charge on any atom is -0.232 e. The predicted molar refractivity (Wildman–Crippen MR) is 61.7 cm³/mol. The maximum atomic E-state index is 2.31. The van der Waals surface area contributed by atoms with Gasteiger partial charge in [-0.25, -0.2) is 18.6 Å². The van der Waals surface area contributed by atoms with Crippen molar-refractivity contribution >= 4 is 0 Å². The van der Waals surface area contributed by atoms with E-state index in [0.717, 1.165) is 0 Å². The van der Waals surface area contributed by atoms with E-state index in [9.17, 15) is 0 Å². The topological polar surface area (TPSA) is 0 Å². The number of rotatable bonds is 9. The Morgan fingerprint density at radius 3 is 2.21 bits per heavy atom. The van der Waals surface area contributed by atoms with Crippen molar-refractivity contribution in [2.45, 2.75) is 65.2 Å². The SMILES string of the molecule is CCCCC/C=C/[CH-]CCCCC.[Li+]. The molecule has 0 aromatic heterocycles. The standard InChI is InChI=1S/C13H25.Li/c1-3-5-7-9-11-13-12-10-8-6-4-2;/h11-13H,3-10H2,1-2H3;/q-1;+1/b13-11+;. The Morgan fingerprint density at radius 1 is 0.929 bits per heavy atom. The van der Waals surface area contributed by atoms with Crippen LogP contribution in [0.1, 0.15) is 65.2 Å². The molecule has 0 fully saturated rings. The van der Waals surface area contributed by atoms with Gasteiger partial charge in [-0.05, 0) is 0 Å². The first kappa shape index (κ1) is 16.6. The Morgan fingerprint density at radius 2 is 1.57 bits per heavy atom. The van der Waals surface area contributed by atoms with E-state index >= 15 is 0 Å². The summed E-state index contributed by atoms with van der Waals surface area (Å²) in [4.78, 5) is 0. The van der Waals surface area contributed by atoms with Crippen molar-refractivity contribution in [1.82, 2.24) is 0 Å². The molecule has 0 unspecified atom stereocenters. The van der Waals surface area contributed by atoms with Crippen molar-refractivity contribution in [3.05, 3.63) is 18.6 Å². The van der Waals surface area contributed by atoms with Crippen LogP contribution in [0.15, 0.2) is 12.2 Å². The van der Waals surface area contributed by atoms with E-state index in [1.807, 2.05) is 0 Å². The van der Waals surface area contributed by atoms with Gasteiger partial charge in [-0.15, -0.1) is 12.8 Å². The Kier molecular flexibility index (Phi) is 18.6. The zero-order valence-corrected chi connectivity index (χ0v) is 10.4. The molecule has 0 spiro atoms. The van der Waals surface area contributed by atoms with Crippen LogP contribution in [0.4, 0.5) is 0 Å². The largest absolute Gasteiger partial charge is 1.00 e. The van der Waals surface area contributed by atoms with Crippen molar-refractivity contribution in [2.24, 2.45) is 0 Å². The molecule has 0 atom stereocenters. The van der Waals surface area contributed by atoms with Gasteiger partial charge in [-0.2, -0.15) is 0 Å². The van der Waals surface area contributed by atoms with Gasteiger partial charge in [0.05, 0.1) is 0 Å². The van der Waals surface area contributed by atoms with Crippen LogP contribution in [-0.4, -0.2) is 0 Å². The molecule has 0 aromatic carbocycles.